The second kappa shape index (κ2) is 8.97. The second-order valence-electron chi connectivity index (χ2n) is 4.50. The van der Waals surface area contributed by atoms with E-state index in [4.69, 9.17) is 10.4 Å². The lowest BCUT2D eigenvalue weighted by Crippen LogP contribution is -2.39. The predicted octanol–water partition coefficient (Wildman–Crippen LogP) is 1.96. The molecule has 0 aliphatic carbocycles. The van der Waals surface area contributed by atoms with Crippen LogP contribution < -0.4 is 5.32 Å². The minimum atomic E-state index is -4.43. The lowest BCUT2D eigenvalue weighted by molar-refractivity contribution is -0.174. The molecule has 0 aromatic heterocycles. The molecule has 0 saturated heterocycles. The van der Waals surface area contributed by atoms with E-state index in [1.54, 1.807) is 18.2 Å². The van der Waals surface area contributed by atoms with Gasteiger partial charge in [-0.3, -0.25) is 0 Å². The monoisotopic (exact) mass is 331 g/mol. The SMILES string of the molecule is N#Cc1cccc(NC(=O)N(CCO)CCOCC(F)(F)F)c1. The van der Waals surface area contributed by atoms with Crippen molar-refractivity contribution in [3.05, 3.63) is 29.8 Å². The van der Waals surface area contributed by atoms with Crippen LogP contribution in [0.25, 0.3) is 0 Å². The van der Waals surface area contributed by atoms with E-state index in [-0.39, 0.29) is 26.3 Å². The largest absolute Gasteiger partial charge is 0.411 e. The molecule has 1 aromatic carbocycles. The summed E-state index contributed by atoms with van der Waals surface area (Å²) in [4.78, 5) is 13.2. The van der Waals surface area contributed by atoms with E-state index in [2.05, 4.69) is 10.1 Å². The number of ether oxygens (including phenoxy) is 1. The van der Waals surface area contributed by atoms with E-state index < -0.39 is 18.8 Å². The van der Waals surface area contributed by atoms with Crippen LogP contribution in [0, 0.1) is 11.3 Å². The third-order valence-corrected chi connectivity index (χ3v) is 2.67. The van der Waals surface area contributed by atoms with Gasteiger partial charge in [-0.2, -0.15) is 18.4 Å². The van der Waals surface area contributed by atoms with Gasteiger partial charge in [0.2, 0.25) is 0 Å². The molecule has 126 valence electrons. The summed E-state index contributed by atoms with van der Waals surface area (Å²) < 4.78 is 40.3. The van der Waals surface area contributed by atoms with Crippen LogP contribution in [0.4, 0.5) is 23.7 Å². The van der Waals surface area contributed by atoms with Crippen molar-refractivity contribution >= 4 is 11.7 Å². The van der Waals surface area contributed by atoms with Gasteiger partial charge in [0.1, 0.15) is 6.61 Å². The summed E-state index contributed by atoms with van der Waals surface area (Å²) in [5, 5.41) is 20.2. The molecule has 2 amide bonds. The summed E-state index contributed by atoms with van der Waals surface area (Å²) >= 11 is 0. The molecule has 0 atom stereocenters. The number of rotatable bonds is 7. The minimum absolute atomic E-state index is 0.0564. The molecule has 0 radical (unpaired) electrons. The van der Waals surface area contributed by atoms with Gasteiger partial charge in [0.25, 0.3) is 0 Å². The fourth-order valence-corrected chi connectivity index (χ4v) is 1.67. The topological polar surface area (TPSA) is 85.6 Å². The van der Waals surface area contributed by atoms with E-state index >= 15 is 0 Å². The summed E-state index contributed by atoms with van der Waals surface area (Å²) in [6.45, 7) is -2.22. The Kier molecular flexibility index (Phi) is 7.31. The molecule has 0 spiro atoms. The van der Waals surface area contributed by atoms with Crippen LogP contribution in [0.1, 0.15) is 5.56 Å². The number of hydrogen-bond acceptors (Lipinski definition) is 4. The van der Waals surface area contributed by atoms with Gasteiger partial charge in [0.15, 0.2) is 0 Å². The normalized spacial score (nSPS) is 10.9. The van der Waals surface area contributed by atoms with Crippen molar-refractivity contribution < 1.29 is 27.8 Å². The summed E-state index contributed by atoms with van der Waals surface area (Å²) in [5.41, 5.74) is 0.721. The van der Waals surface area contributed by atoms with Crippen LogP contribution in [-0.4, -0.2) is 55.1 Å². The smallest absolute Gasteiger partial charge is 0.395 e. The maximum atomic E-state index is 12.0. The summed E-state index contributed by atoms with van der Waals surface area (Å²) in [6, 6.07) is 7.47. The number of amides is 2. The van der Waals surface area contributed by atoms with Gasteiger partial charge >= 0.3 is 12.2 Å². The number of aliphatic hydroxyl groups is 1. The number of hydrogen-bond donors (Lipinski definition) is 2. The van der Waals surface area contributed by atoms with Crippen LogP contribution in [-0.2, 0) is 4.74 Å². The predicted molar refractivity (Wildman–Crippen MR) is 75.7 cm³/mol. The Balaban J connectivity index is 2.55. The highest BCUT2D eigenvalue weighted by Crippen LogP contribution is 2.14. The van der Waals surface area contributed by atoms with Crippen LogP contribution in [0.5, 0.6) is 0 Å². The number of urea groups is 1. The summed E-state index contributed by atoms with van der Waals surface area (Å²) in [5.74, 6) is 0. The highest BCUT2D eigenvalue weighted by Gasteiger charge is 2.27. The quantitative estimate of drug-likeness (QED) is 0.748. The fraction of sp³-hybridized carbons (Fsp3) is 0.429. The molecule has 0 fully saturated rings. The molecule has 0 aliphatic heterocycles. The Morgan fingerprint density at radius 3 is 2.74 bits per heavy atom. The van der Waals surface area contributed by atoms with Crippen LogP contribution in [0.15, 0.2) is 24.3 Å². The van der Waals surface area contributed by atoms with E-state index in [0.29, 0.717) is 11.3 Å². The Bertz CT molecular complexity index is 558. The van der Waals surface area contributed by atoms with Crippen molar-refractivity contribution in [3.8, 4) is 6.07 Å². The number of carbonyl (C=O) groups excluding carboxylic acids is 1. The molecule has 1 aromatic rings. The van der Waals surface area contributed by atoms with Gasteiger partial charge in [0.05, 0.1) is 24.8 Å². The van der Waals surface area contributed by atoms with E-state index in [9.17, 15) is 18.0 Å². The van der Waals surface area contributed by atoms with Gasteiger partial charge < -0.3 is 20.1 Å². The first-order valence-corrected chi connectivity index (χ1v) is 6.67. The molecule has 1 rings (SSSR count). The highest BCUT2D eigenvalue weighted by molar-refractivity contribution is 5.89. The zero-order valence-corrected chi connectivity index (χ0v) is 12.1. The maximum absolute atomic E-state index is 12.0. The van der Waals surface area contributed by atoms with Crippen LogP contribution in [0.2, 0.25) is 0 Å². The molecule has 0 bridgehead atoms. The van der Waals surface area contributed by atoms with Gasteiger partial charge in [-0.25, -0.2) is 4.79 Å². The fourth-order valence-electron chi connectivity index (χ4n) is 1.67. The molecule has 0 heterocycles. The first-order valence-electron chi connectivity index (χ1n) is 6.67. The van der Waals surface area contributed by atoms with Crippen molar-refractivity contribution in [2.75, 3.05) is 38.2 Å². The average Bonchev–Trinajstić information content (AvgIpc) is 2.49. The Morgan fingerprint density at radius 2 is 2.13 bits per heavy atom. The van der Waals surface area contributed by atoms with Crippen LogP contribution in [0.3, 0.4) is 0 Å². The number of nitrogens with one attached hydrogen (secondary N) is 1. The first kappa shape index (κ1) is 18.7. The zero-order valence-electron chi connectivity index (χ0n) is 12.1. The van der Waals surface area contributed by atoms with Gasteiger partial charge in [0, 0.05) is 18.8 Å². The Morgan fingerprint density at radius 1 is 1.39 bits per heavy atom. The number of halogens is 3. The number of carbonyl (C=O) groups is 1. The Hall–Kier alpha value is -2.31. The summed E-state index contributed by atoms with van der Waals surface area (Å²) in [6.07, 6.45) is -4.43. The number of aliphatic hydroxyl groups excluding tert-OH is 1. The van der Waals surface area contributed by atoms with Gasteiger partial charge in [-0.05, 0) is 18.2 Å². The third-order valence-electron chi connectivity index (χ3n) is 2.67. The third kappa shape index (κ3) is 7.49. The average molecular weight is 331 g/mol. The van der Waals surface area contributed by atoms with Crippen molar-refractivity contribution in [2.45, 2.75) is 6.18 Å². The standard InChI is InChI=1S/C14H16F3N3O3/c15-14(16,17)10-23-7-5-20(4-6-21)13(22)19-12-3-1-2-11(8-12)9-18/h1-3,8,21H,4-7,10H2,(H,19,22). The molecular weight excluding hydrogens is 315 g/mol. The lowest BCUT2D eigenvalue weighted by atomic mass is 10.2. The van der Waals surface area contributed by atoms with Gasteiger partial charge in [-0.15, -0.1) is 0 Å². The number of alkyl halides is 3. The molecule has 0 saturated carbocycles. The number of benzene rings is 1. The zero-order chi connectivity index (χ0) is 17.3. The van der Waals surface area contributed by atoms with E-state index in [0.717, 1.165) is 4.90 Å². The number of nitrogens with zero attached hydrogens (tertiary/aromatic N) is 2. The lowest BCUT2D eigenvalue weighted by Gasteiger charge is -2.22. The number of anilines is 1. The van der Waals surface area contributed by atoms with E-state index in [1.807, 2.05) is 6.07 Å². The van der Waals surface area contributed by atoms with Crippen molar-refractivity contribution in [3.63, 3.8) is 0 Å². The molecular formula is C14H16F3N3O3. The number of nitriles is 1. The minimum Gasteiger partial charge on any atom is -0.395 e. The molecule has 9 heteroatoms. The maximum Gasteiger partial charge on any atom is 0.411 e. The molecule has 0 aliphatic rings. The van der Waals surface area contributed by atoms with Crippen molar-refractivity contribution in [1.82, 2.24) is 4.90 Å². The summed E-state index contributed by atoms with van der Waals surface area (Å²) in [7, 11) is 0. The van der Waals surface area contributed by atoms with Crippen molar-refractivity contribution in [2.24, 2.45) is 0 Å². The molecule has 2 N–H and O–H groups in total. The Labute approximate surface area is 131 Å². The van der Waals surface area contributed by atoms with E-state index in [1.165, 1.54) is 6.07 Å². The molecule has 0 unspecified atom stereocenters. The molecule has 6 nitrogen and oxygen atoms in total. The van der Waals surface area contributed by atoms with Crippen LogP contribution >= 0.6 is 0 Å². The van der Waals surface area contributed by atoms with Gasteiger partial charge in [-0.1, -0.05) is 6.07 Å². The highest BCUT2D eigenvalue weighted by atomic mass is 19.4. The second-order valence-corrected chi connectivity index (χ2v) is 4.50. The first-order chi connectivity index (χ1) is 10.9. The van der Waals surface area contributed by atoms with Crippen molar-refractivity contribution in [1.29, 1.82) is 5.26 Å². The molecule has 23 heavy (non-hydrogen) atoms.